The van der Waals surface area contributed by atoms with E-state index in [2.05, 4.69) is 38.2 Å². The largest absolute Gasteiger partial charge is 0.300 e. The summed E-state index contributed by atoms with van der Waals surface area (Å²) in [6.07, 6.45) is 36.7. The first-order valence-electron chi connectivity index (χ1n) is 13.6. The maximum atomic E-state index is 11.9. The molecule has 0 amide bonds. The second-order valence-corrected chi connectivity index (χ2v) is 9.10. The van der Waals surface area contributed by atoms with E-state index in [0.717, 1.165) is 32.1 Å². The lowest BCUT2D eigenvalue weighted by atomic mass is 10.0. The maximum absolute atomic E-state index is 11.9. The maximum Gasteiger partial charge on any atom is 0.132 e. The van der Waals surface area contributed by atoms with Crippen molar-refractivity contribution < 1.29 is 4.79 Å². The van der Waals surface area contributed by atoms with Crippen molar-refractivity contribution in [2.24, 2.45) is 0 Å². The molecular formula is C29H54O. The Hall–Kier alpha value is -0.850. The van der Waals surface area contributed by atoms with Crippen LogP contribution in [0, 0.1) is 0 Å². The van der Waals surface area contributed by atoms with E-state index >= 15 is 0 Å². The van der Waals surface area contributed by atoms with Gasteiger partial charge < -0.3 is 0 Å². The van der Waals surface area contributed by atoms with Gasteiger partial charge in [-0.2, -0.15) is 0 Å². The van der Waals surface area contributed by atoms with Gasteiger partial charge in [0.2, 0.25) is 0 Å². The number of Topliss-reactive ketones (excluding diaryl/α,β-unsaturated/α-hetero) is 1. The van der Waals surface area contributed by atoms with Crippen LogP contribution in [-0.2, 0) is 4.79 Å². The van der Waals surface area contributed by atoms with Gasteiger partial charge in [0.1, 0.15) is 5.78 Å². The number of ketones is 1. The number of rotatable bonds is 24. The molecule has 0 spiro atoms. The molecule has 0 N–H and O–H groups in total. The summed E-state index contributed by atoms with van der Waals surface area (Å²) >= 11 is 0. The summed E-state index contributed by atoms with van der Waals surface area (Å²) in [5.74, 6) is 0.506. The average molecular weight is 419 g/mol. The van der Waals surface area contributed by atoms with E-state index in [9.17, 15) is 4.79 Å². The number of hydrogen-bond donors (Lipinski definition) is 0. The number of unbranched alkanes of at least 4 members (excludes halogenated alkanes) is 16. The summed E-state index contributed by atoms with van der Waals surface area (Å²) in [6, 6.07) is 0. The molecule has 0 aliphatic heterocycles. The van der Waals surface area contributed by atoms with Crippen molar-refractivity contribution in [1.82, 2.24) is 0 Å². The van der Waals surface area contributed by atoms with Crippen LogP contribution in [0.3, 0.4) is 0 Å². The highest BCUT2D eigenvalue weighted by Crippen LogP contribution is 2.13. The predicted molar refractivity (Wildman–Crippen MR) is 136 cm³/mol. The molecule has 0 saturated heterocycles. The van der Waals surface area contributed by atoms with E-state index in [0.29, 0.717) is 5.78 Å². The molecule has 0 radical (unpaired) electrons. The normalized spacial score (nSPS) is 11.8. The van der Waals surface area contributed by atoms with Crippen LogP contribution in [0.2, 0.25) is 0 Å². The zero-order valence-corrected chi connectivity index (χ0v) is 20.8. The van der Waals surface area contributed by atoms with Gasteiger partial charge in [0.05, 0.1) is 0 Å². The molecule has 0 aromatic carbocycles. The van der Waals surface area contributed by atoms with Crippen molar-refractivity contribution in [3.63, 3.8) is 0 Å². The highest BCUT2D eigenvalue weighted by Gasteiger charge is 2.02. The molecule has 0 rings (SSSR count). The number of allylic oxidation sites excluding steroid dienone is 4. The summed E-state index contributed by atoms with van der Waals surface area (Å²) in [4.78, 5) is 11.9. The predicted octanol–water partition coefficient (Wildman–Crippen LogP) is 10.3. The quantitative estimate of drug-likeness (QED) is 0.112. The van der Waals surface area contributed by atoms with Gasteiger partial charge in [-0.15, -0.1) is 0 Å². The zero-order chi connectivity index (χ0) is 22.0. The topological polar surface area (TPSA) is 17.1 Å². The lowest BCUT2D eigenvalue weighted by Crippen LogP contribution is -1.97. The van der Waals surface area contributed by atoms with Crippen LogP contribution in [0.15, 0.2) is 24.3 Å². The molecule has 1 heteroatoms. The molecule has 0 aliphatic carbocycles. The molecule has 30 heavy (non-hydrogen) atoms. The van der Waals surface area contributed by atoms with Gasteiger partial charge in [-0.05, 0) is 44.9 Å². The van der Waals surface area contributed by atoms with Crippen LogP contribution in [0.25, 0.3) is 0 Å². The Morgan fingerprint density at radius 3 is 1.33 bits per heavy atom. The minimum Gasteiger partial charge on any atom is -0.300 e. The third-order valence-corrected chi connectivity index (χ3v) is 5.97. The molecular weight excluding hydrogens is 364 g/mol. The fourth-order valence-electron chi connectivity index (χ4n) is 3.89. The molecule has 0 bridgehead atoms. The van der Waals surface area contributed by atoms with E-state index in [1.54, 1.807) is 0 Å². The van der Waals surface area contributed by atoms with Crippen molar-refractivity contribution in [1.29, 1.82) is 0 Å². The van der Waals surface area contributed by atoms with E-state index in [1.807, 2.05) is 0 Å². The van der Waals surface area contributed by atoms with Crippen molar-refractivity contribution in [3.8, 4) is 0 Å². The van der Waals surface area contributed by atoms with Gasteiger partial charge in [0.25, 0.3) is 0 Å². The summed E-state index contributed by atoms with van der Waals surface area (Å²) in [5, 5.41) is 0. The van der Waals surface area contributed by atoms with Crippen LogP contribution in [0.1, 0.15) is 155 Å². The number of carbonyl (C=O) groups is 1. The third kappa shape index (κ3) is 25.2. The van der Waals surface area contributed by atoms with Crippen molar-refractivity contribution >= 4 is 5.78 Å². The first-order chi connectivity index (χ1) is 14.8. The zero-order valence-electron chi connectivity index (χ0n) is 20.8. The Kier molecular flexibility index (Phi) is 25.4. The van der Waals surface area contributed by atoms with E-state index in [4.69, 9.17) is 0 Å². The molecule has 0 saturated carbocycles. The Morgan fingerprint density at radius 1 is 0.467 bits per heavy atom. The Morgan fingerprint density at radius 2 is 0.833 bits per heavy atom. The van der Waals surface area contributed by atoms with Crippen molar-refractivity contribution in [2.45, 2.75) is 155 Å². The molecule has 176 valence electrons. The van der Waals surface area contributed by atoms with E-state index in [-0.39, 0.29) is 0 Å². The molecule has 0 heterocycles. The highest BCUT2D eigenvalue weighted by molar-refractivity contribution is 5.78. The second-order valence-electron chi connectivity index (χ2n) is 9.10. The van der Waals surface area contributed by atoms with Gasteiger partial charge >= 0.3 is 0 Å². The Labute approximate surface area is 190 Å². The van der Waals surface area contributed by atoms with Gasteiger partial charge in [-0.25, -0.2) is 0 Å². The van der Waals surface area contributed by atoms with Crippen molar-refractivity contribution in [2.75, 3.05) is 0 Å². The van der Waals surface area contributed by atoms with Gasteiger partial charge in [-0.3, -0.25) is 4.79 Å². The Balaban J connectivity index is 3.23. The van der Waals surface area contributed by atoms with Crippen molar-refractivity contribution in [3.05, 3.63) is 24.3 Å². The second kappa shape index (κ2) is 26.2. The minimum absolute atomic E-state index is 0.506. The SMILES string of the molecule is CCCCCC=CCC=CCCCCCCCCCC(=O)CCCCCCCCC. The first kappa shape index (κ1) is 29.1. The van der Waals surface area contributed by atoms with Crippen LogP contribution in [0.4, 0.5) is 0 Å². The van der Waals surface area contributed by atoms with Gasteiger partial charge in [0, 0.05) is 12.8 Å². The molecule has 0 atom stereocenters. The molecule has 0 aromatic heterocycles. The lowest BCUT2D eigenvalue weighted by Gasteiger charge is -2.03. The molecule has 0 aromatic rings. The Bertz CT molecular complexity index is 393. The average Bonchev–Trinajstić information content (AvgIpc) is 2.75. The molecule has 0 fully saturated rings. The third-order valence-electron chi connectivity index (χ3n) is 5.97. The molecule has 0 aliphatic rings. The van der Waals surface area contributed by atoms with Crippen LogP contribution >= 0.6 is 0 Å². The summed E-state index contributed by atoms with van der Waals surface area (Å²) < 4.78 is 0. The lowest BCUT2D eigenvalue weighted by molar-refractivity contribution is -0.119. The smallest absolute Gasteiger partial charge is 0.132 e. The van der Waals surface area contributed by atoms with Crippen LogP contribution < -0.4 is 0 Å². The van der Waals surface area contributed by atoms with Gasteiger partial charge in [-0.1, -0.05) is 122 Å². The molecule has 0 unspecified atom stereocenters. The van der Waals surface area contributed by atoms with E-state index < -0.39 is 0 Å². The summed E-state index contributed by atoms with van der Waals surface area (Å²) in [6.45, 7) is 4.52. The number of hydrogen-bond acceptors (Lipinski definition) is 1. The fourth-order valence-corrected chi connectivity index (χ4v) is 3.89. The summed E-state index contributed by atoms with van der Waals surface area (Å²) in [7, 11) is 0. The monoisotopic (exact) mass is 418 g/mol. The van der Waals surface area contributed by atoms with E-state index in [1.165, 1.54) is 109 Å². The molecule has 1 nitrogen and oxygen atoms in total. The van der Waals surface area contributed by atoms with Crippen LogP contribution in [-0.4, -0.2) is 5.78 Å². The summed E-state index contributed by atoms with van der Waals surface area (Å²) in [5.41, 5.74) is 0. The number of carbonyl (C=O) groups excluding carboxylic acids is 1. The highest BCUT2D eigenvalue weighted by atomic mass is 16.1. The fraction of sp³-hybridized carbons (Fsp3) is 0.828. The van der Waals surface area contributed by atoms with Gasteiger partial charge in [0.15, 0.2) is 0 Å². The standard InChI is InChI=1S/C29H54O/c1-3-5-7-9-11-12-13-14-15-16-17-18-19-20-22-24-26-28-29(30)27-25-23-21-10-8-6-4-2/h11-12,14-15H,3-10,13,16-28H2,1-2H3. The van der Waals surface area contributed by atoms with Crippen LogP contribution in [0.5, 0.6) is 0 Å². The first-order valence-corrected chi connectivity index (χ1v) is 13.6. The minimum atomic E-state index is 0.506.